The van der Waals surface area contributed by atoms with Crippen LogP contribution in [0.3, 0.4) is 0 Å². The van der Waals surface area contributed by atoms with Crippen LogP contribution in [0.15, 0.2) is 48.0 Å². The summed E-state index contributed by atoms with van der Waals surface area (Å²) in [6.07, 6.45) is 0.682. The highest BCUT2D eigenvalue weighted by Gasteiger charge is 2.45. The Hall–Kier alpha value is -3.56. The Kier molecular flexibility index (Phi) is 8.68. The third-order valence-corrected chi connectivity index (χ3v) is 6.82. The second-order valence-electron chi connectivity index (χ2n) is 9.00. The van der Waals surface area contributed by atoms with Crippen molar-refractivity contribution in [3.05, 3.63) is 59.2 Å². The zero-order valence-electron chi connectivity index (χ0n) is 21.6. The van der Waals surface area contributed by atoms with Crippen molar-refractivity contribution >= 4 is 17.4 Å². The molecule has 0 spiro atoms. The number of nitrogens with zero attached hydrogens (tertiary/aromatic N) is 1. The van der Waals surface area contributed by atoms with Crippen molar-refractivity contribution in [1.29, 1.82) is 0 Å². The molecule has 2 fully saturated rings. The van der Waals surface area contributed by atoms with Gasteiger partial charge >= 0.3 is 0 Å². The molecule has 9 heteroatoms. The molecule has 2 aromatic rings. The fourth-order valence-electron chi connectivity index (χ4n) is 4.91. The first-order valence-corrected chi connectivity index (χ1v) is 12.6. The van der Waals surface area contributed by atoms with Gasteiger partial charge in [0.15, 0.2) is 0 Å². The first-order chi connectivity index (χ1) is 18.0. The lowest BCUT2D eigenvalue weighted by atomic mass is 9.94. The standard InChI is InChI=1S/C28H34N2O7/c1-4-37-20-8-6-19(7-9-20)26(31)24-25(22-18-21(34-2)10-11-23(22)35-3)30(28(33)27(24)32)13-5-12-29-14-16-36-17-15-29/h6-11,18,25,31H,4-5,12-17H2,1-3H3. The van der Waals surface area contributed by atoms with E-state index in [1.165, 1.54) is 24.0 Å². The number of likely N-dealkylation sites (tertiary alicyclic amines) is 1. The van der Waals surface area contributed by atoms with Gasteiger partial charge in [0.1, 0.15) is 30.3 Å². The average Bonchev–Trinajstić information content (AvgIpc) is 3.18. The Labute approximate surface area is 217 Å². The summed E-state index contributed by atoms with van der Waals surface area (Å²) in [4.78, 5) is 29.5. The number of ether oxygens (including phenoxy) is 4. The predicted octanol–water partition coefficient (Wildman–Crippen LogP) is 0.632. The second-order valence-corrected chi connectivity index (χ2v) is 9.00. The molecule has 198 valence electrons. The lowest BCUT2D eigenvalue weighted by Gasteiger charge is -2.30. The minimum Gasteiger partial charge on any atom is -0.872 e. The Morgan fingerprint density at radius 3 is 2.41 bits per heavy atom. The van der Waals surface area contributed by atoms with Crippen molar-refractivity contribution in [3.8, 4) is 17.2 Å². The summed E-state index contributed by atoms with van der Waals surface area (Å²) in [5.41, 5.74) is 0.763. The Balaban J connectivity index is 1.73. The van der Waals surface area contributed by atoms with Crippen LogP contribution in [-0.4, -0.2) is 76.8 Å². The number of quaternary nitrogens is 1. The molecule has 2 aliphatic heterocycles. The van der Waals surface area contributed by atoms with Crippen LogP contribution in [0.1, 0.15) is 30.5 Å². The van der Waals surface area contributed by atoms with Gasteiger partial charge in [-0.25, -0.2) is 0 Å². The molecule has 2 saturated heterocycles. The fourth-order valence-corrected chi connectivity index (χ4v) is 4.91. The zero-order valence-corrected chi connectivity index (χ0v) is 21.6. The number of Topliss-reactive ketones (excluding diaryl/α,β-unsaturated/α-hetero) is 1. The molecule has 2 aromatic carbocycles. The molecule has 9 nitrogen and oxygen atoms in total. The van der Waals surface area contributed by atoms with E-state index in [1.807, 2.05) is 6.92 Å². The third-order valence-electron chi connectivity index (χ3n) is 6.82. The third kappa shape index (κ3) is 5.73. The maximum absolute atomic E-state index is 13.7. The Morgan fingerprint density at radius 2 is 1.76 bits per heavy atom. The van der Waals surface area contributed by atoms with E-state index in [4.69, 9.17) is 18.9 Å². The van der Waals surface area contributed by atoms with Crippen LogP contribution in [0.2, 0.25) is 0 Å². The van der Waals surface area contributed by atoms with Gasteiger partial charge in [0.05, 0.1) is 46.6 Å². The highest BCUT2D eigenvalue weighted by molar-refractivity contribution is 6.46. The molecule has 4 rings (SSSR count). The van der Waals surface area contributed by atoms with Gasteiger partial charge in [0.25, 0.3) is 5.91 Å². The minimum atomic E-state index is -0.885. The average molecular weight is 511 g/mol. The summed E-state index contributed by atoms with van der Waals surface area (Å²) in [6.45, 7) is 6.80. The molecule has 0 radical (unpaired) electrons. The molecule has 1 atom stereocenters. The van der Waals surface area contributed by atoms with E-state index >= 15 is 0 Å². The van der Waals surface area contributed by atoms with Gasteiger partial charge in [-0.2, -0.15) is 0 Å². The van der Waals surface area contributed by atoms with Crippen molar-refractivity contribution in [2.24, 2.45) is 0 Å². The summed E-state index contributed by atoms with van der Waals surface area (Å²) >= 11 is 0. The van der Waals surface area contributed by atoms with Crippen LogP contribution in [0, 0.1) is 0 Å². The van der Waals surface area contributed by atoms with Gasteiger partial charge in [0, 0.05) is 24.1 Å². The molecule has 1 unspecified atom stereocenters. The van der Waals surface area contributed by atoms with Crippen molar-refractivity contribution < 1.29 is 38.5 Å². The molecule has 0 aliphatic carbocycles. The van der Waals surface area contributed by atoms with Crippen LogP contribution in [-0.2, 0) is 14.3 Å². The zero-order chi connectivity index (χ0) is 26.4. The van der Waals surface area contributed by atoms with E-state index in [0.717, 1.165) is 19.6 Å². The summed E-state index contributed by atoms with van der Waals surface area (Å²) in [7, 11) is 3.05. The number of amides is 1. The van der Waals surface area contributed by atoms with E-state index < -0.39 is 23.5 Å². The van der Waals surface area contributed by atoms with Crippen molar-refractivity contribution in [2.45, 2.75) is 19.4 Å². The molecule has 2 aliphatic rings. The number of ketones is 1. The van der Waals surface area contributed by atoms with E-state index in [-0.39, 0.29) is 5.57 Å². The first-order valence-electron chi connectivity index (χ1n) is 12.6. The number of nitrogens with one attached hydrogen (secondary N) is 1. The van der Waals surface area contributed by atoms with Crippen LogP contribution in [0.25, 0.3) is 5.76 Å². The van der Waals surface area contributed by atoms with Crippen LogP contribution >= 0.6 is 0 Å². The summed E-state index contributed by atoms with van der Waals surface area (Å²) in [5, 5.41) is 13.7. The largest absolute Gasteiger partial charge is 0.872 e. The molecule has 1 amide bonds. The van der Waals surface area contributed by atoms with Gasteiger partial charge in [-0.1, -0.05) is 17.9 Å². The van der Waals surface area contributed by atoms with Crippen LogP contribution < -0.4 is 24.2 Å². The minimum absolute atomic E-state index is 0.0839. The molecule has 37 heavy (non-hydrogen) atoms. The monoisotopic (exact) mass is 510 g/mol. The smallest absolute Gasteiger partial charge is 0.295 e. The van der Waals surface area contributed by atoms with Crippen molar-refractivity contribution in [1.82, 2.24) is 4.90 Å². The van der Waals surface area contributed by atoms with Crippen LogP contribution in [0.5, 0.6) is 17.2 Å². The molecular formula is C28H34N2O7. The van der Waals surface area contributed by atoms with Crippen molar-refractivity contribution in [3.63, 3.8) is 0 Å². The van der Waals surface area contributed by atoms with Gasteiger partial charge in [0.2, 0.25) is 5.78 Å². The topological polar surface area (TPSA) is 102 Å². The highest BCUT2D eigenvalue weighted by atomic mass is 16.5. The predicted molar refractivity (Wildman–Crippen MR) is 135 cm³/mol. The van der Waals surface area contributed by atoms with Gasteiger partial charge in [-0.3, -0.25) is 9.59 Å². The summed E-state index contributed by atoms with van der Waals surface area (Å²) < 4.78 is 21.9. The van der Waals surface area contributed by atoms with Crippen LogP contribution in [0.4, 0.5) is 0 Å². The molecule has 1 N–H and O–H groups in total. The number of hydrogen-bond donors (Lipinski definition) is 1. The lowest BCUT2D eigenvalue weighted by molar-refractivity contribution is -0.908. The van der Waals surface area contributed by atoms with Gasteiger partial charge in [-0.15, -0.1) is 0 Å². The molecule has 0 saturated carbocycles. The summed E-state index contributed by atoms with van der Waals surface area (Å²) in [6, 6.07) is 10.9. The number of rotatable bonds is 10. The second kappa shape index (κ2) is 12.1. The highest BCUT2D eigenvalue weighted by Crippen LogP contribution is 2.43. The SMILES string of the molecule is CCOc1ccc(C([O-])=C2C(=O)C(=O)N(CCC[NH+]3CCOCC3)C2c2cc(OC)ccc2OC)cc1. The van der Waals surface area contributed by atoms with E-state index in [9.17, 15) is 14.7 Å². The van der Waals surface area contributed by atoms with Gasteiger partial charge in [-0.05, 0) is 42.8 Å². The molecular weight excluding hydrogens is 476 g/mol. The first kappa shape index (κ1) is 26.5. The summed E-state index contributed by atoms with van der Waals surface area (Å²) in [5.74, 6) is -0.329. The van der Waals surface area contributed by atoms with E-state index in [1.54, 1.807) is 42.5 Å². The number of morpholine rings is 1. The number of methoxy groups -OCH3 is 2. The molecule has 0 bridgehead atoms. The molecule has 0 aromatic heterocycles. The number of carbonyl (C=O) groups is 2. The maximum atomic E-state index is 13.7. The maximum Gasteiger partial charge on any atom is 0.295 e. The fraction of sp³-hybridized carbons (Fsp3) is 0.429. The Morgan fingerprint density at radius 1 is 1.05 bits per heavy atom. The normalized spacial score (nSPS) is 19.8. The quantitative estimate of drug-likeness (QED) is 0.284. The van der Waals surface area contributed by atoms with E-state index in [0.29, 0.717) is 61.2 Å². The van der Waals surface area contributed by atoms with Gasteiger partial charge < -0.3 is 33.9 Å². The molecule has 2 heterocycles. The number of carbonyl (C=O) groups excluding carboxylic acids is 2. The van der Waals surface area contributed by atoms with Crippen molar-refractivity contribution in [2.75, 3.05) is 60.2 Å². The number of hydrogen-bond acceptors (Lipinski definition) is 7. The van der Waals surface area contributed by atoms with E-state index in [2.05, 4.69) is 0 Å². The Bertz CT molecular complexity index is 1140. The number of benzene rings is 2. The lowest BCUT2D eigenvalue weighted by Crippen LogP contribution is -3.14.